The number of hydrogen-bond acceptors (Lipinski definition) is 5. The number of aromatic amines is 1. The maximum atomic E-state index is 12.3. The first kappa shape index (κ1) is 16.6. The highest BCUT2D eigenvalue weighted by molar-refractivity contribution is 5.76. The lowest BCUT2D eigenvalue weighted by atomic mass is 10.2. The molecule has 0 radical (unpaired) electrons. The normalized spacial score (nSPS) is 10.8. The van der Waals surface area contributed by atoms with Crippen molar-refractivity contribution >= 4 is 11.2 Å². The van der Waals surface area contributed by atoms with E-state index >= 15 is 0 Å². The van der Waals surface area contributed by atoms with Crippen LogP contribution in [0, 0.1) is 0 Å². The van der Waals surface area contributed by atoms with E-state index in [9.17, 15) is 9.59 Å². The van der Waals surface area contributed by atoms with Gasteiger partial charge in [0.2, 0.25) is 0 Å². The molecule has 8 heteroatoms. The van der Waals surface area contributed by atoms with Gasteiger partial charge in [0.1, 0.15) is 17.9 Å². The number of nitrogens with one attached hydrogen (secondary N) is 1. The highest BCUT2D eigenvalue weighted by Crippen LogP contribution is 2.31. The number of methoxy groups -OCH3 is 1. The third-order valence-corrected chi connectivity index (χ3v) is 3.89. The summed E-state index contributed by atoms with van der Waals surface area (Å²) in [6.45, 7) is 3.97. The Kier molecular flexibility index (Phi) is 4.18. The predicted octanol–water partition coefficient (Wildman–Crippen LogP) is 1.20. The lowest BCUT2D eigenvalue weighted by molar-refractivity contribution is 0.326. The fourth-order valence-electron chi connectivity index (χ4n) is 2.55. The summed E-state index contributed by atoms with van der Waals surface area (Å²) < 4.78 is 13.2. The number of aryl methyl sites for hydroxylation is 1. The molecule has 0 aliphatic carbocycles. The van der Waals surface area contributed by atoms with Gasteiger partial charge in [-0.2, -0.15) is 0 Å². The molecule has 0 aliphatic heterocycles. The van der Waals surface area contributed by atoms with E-state index in [1.54, 1.807) is 31.3 Å². The summed E-state index contributed by atoms with van der Waals surface area (Å²) in [6.07, 6.45) is 1.64. The summed E-state index contributed by atoms with van der Waals surface area (Å²) in [6, 6.07) is 5.29. The van der Waals surface area contributed by atoms with Crippen LogP contribution in [0.3, 0.4) is 0 Å². The predicted molar refractivity (Wildman–Crippen MR) is 94.3 cm³/mol. The summed E-state index contributed by atoms with van der Waals surface area (Å²) >= 11 is 0. The minimum atomic E-state index is -0.429. The van der Waals surface area contributed by atoms with Crippen LogP contribution in [0.4, 0.5) is 0 Å². The Morgan fingerprint density at radius 1 is 1.24 bits per heavy atom. The third-order valence-electron chi connectivity index (χ3n) is 3.89. The van der Waals surface area contributed by atoms with Gasteiger partial charge in [0.15, 0.2) is 17.1 Å². The molecule has 8 nitrogen and oxygen atoms in total. The number of ether oxygens (including phenoxy) is 2. The molecule has 0 amide bonds. The van der Waals surface area contributed by atoms with Crippen molar-refractivity contribution in [2.45, 2.75) is 0 Å². The Balaban J connectivity index is 2.15. The molecule has 0 saturated carbocycles. The van der Waals surface area contributed by atoms with Gasteiger partial charge in [-0.05, 0) is 18.2 Å². The van der Waals surface area contributed by atoms with Gasteiger partial charge in [-0.15, -0.1) is 0 Å². The number of hydrogen-bond donors (Lipinski definition) is 1. The van der Waals surface area contributed by atoms with Gasteiger partial charge in [-0.3, -0.25) is 13.9 Å². The summed E-state index contributed by atoms with van der Waals surface area (Å²) in [5, 5.41) is 0. The average Bonchev–Trinajstić information content (AvgIpc) is 3.08. The molecule has 0 atom stereocenters. The number of H-pyrrole nitrogens is 1. The second-order valence-corrected chi connectivity index (χ2v) is 5.46. The molecule has 1 N–H and O–H groups in total. The van der Waals surface area contributed by atoms with Crippen LogP contribution in [0.25, 0.3) is 22.6 Å². The van der Waals surface area contributed by atoms with Gasteiger partial charge < -0.3 is 14.5 Å². The smallest absolute Gasteiger partial charge is 0.332 e. The molecule has 3 rings (SSSR count). The molecule has 1 aromatic carbocycles. The van der Waals surface area contributed by atoms with Gasteiger partial charge >= 0.3 is 5.69 Å². The van der Waals surface area contributed by atoms with Gasteiger partial charge in [0.05, 0.1) is 7.11 Å². The van der Waals surface area contributed by atoms with Gasteiger partial charge in [-0.25, -0.2) is 9.78 Å². The molecular formula is C17H18N4O4. The molecule has 0 saturated heterocycles. The molecule has 2 aromatic heterocycles. The Morgan fingerprint density at radius 2 is 2.00 bits per heavy atom. The first-order chi connectivity index (χ1) is 12.0. The number of fused-ring (bicyclic) bond motifs is 1. The standard InChI is InChI=1S/C17H18N4O4/c1-5-8-25-11-7-6-10(9-12(11)24-4)14-18-13-15(19-14)20(2)17(23)21(3)16(13)22/h5-7,9H,1,8H2,2-4H3,(H,18,19). The second-order valence-electron chi connectivity index (χ2n) is 5.46. The molecule has 3 aromatic rings. The number of aromatic nitrogens is 4. The minimum Gasteiger partial charge on any atom is -0.493 e. The molecule has 0 unspecified atom stereocenters. The van der Waals surface area contributed by atoms with E-state index in [0.717, 1.165) is 4.57 Å². The fraction of sp³-hybridized carbons (Fsp3) is 0.235. The topological polar surface area (TPSA) is 91.1 Å². The van der Waals surface area contributed by atoms with Crippen molar-refractivity contribution < 1.29 is 9.47 Å². The molecule has 130 valence electrons. The average molecular weight is 342 g/mol. The number of rotatable bonds is 5. The van der Waals surface area contributed by atoms with Crippen LogP contribution in [0.2, 0.25) is 0 Å². The van der Waals surface area contributed by atoms with Crippen molar-refractivity contribution in [3.63, 3.8) is 0 Å². The number of nitrogens with zero attached hydrogens (tertiary/aromatic N) is 3. The highest BCUT2D eigenvalue weighted by atomic mass is 16.5. The van der Waals surface area contributed by atoms with Gasteiger partial charge in [0, 0.05) is 19.7 Å². The van der Waals surface area contributed by atoms with Gasteiger partial charge in [0.25, 0.3) is 5.56 Å². The highest BCUT2D eigenvalue weighted by Gasteiger charge is 2.15. The van der Waals surface area contributed by atoms with Crippen LogP contribution in [-0.2, 0) is 14.1 Å². The quantitative estimate of drug-likeness (QED) is 0.704. The summed E-state index contributed by atoms with van der Waals surface area (Å²) in [5.74, 6) is 1.56. The lowest BCUT2D eigenvalue weighted by Crippen LogP contribution is -2.36. The van der Waals surface area contributed by atoms with E-state index in [0.29, 0.717) is 35.1 Å². The van der Waals surface area contributed by atoms with Gasteiger partial charge in [-0.1, -0.05) is 12.7 Å². The first-order valence-corrected chi connectivity index (χ1v) is 7.55. The van der Waals surface area contributed by atoms with E-state index in [1.165, 1.54) is 18.7 Å². The van der Waals surface area contributed by atoms with Crippen molar-refractivity contribution in [1.82, 2.24) is 19.1 Å². The van der Waals surface area contributed by atoms with Crippen LogP contribution in [0.5, 0.6) is 11.5 Å². The van der Waals surface area contributed by atoms with Crippen molar-refractivity contribution in [1.29, 1.82) is 0 Å². The monoisotopic (exact) mass is 342 g/mol. The molecule has 0 fully saturated rings. The molecular weight excluding hydrogens is 324 g/mol. The lowest BCUT2D eigenvalue weighted by Gasteiger charge is -2.10. The zero-order chi connectivity index (χ0) is 18.1. The minimum absolute atomic E-state index is 0.269. The van der Waals surface area contributed by atoms with Crippen LogP contribution >= 0.6 is 0 Å². The number of benzene rings is 1. The van der Waals surface area contributed by atoms with E-state index < -0.39 is 11.2 Å². The molecule has 0 aliphatic rings. The molecule has 0 bridgehead atoms. The first-order valence-electron chi connectivity index (χ1n) is 7.55. The van der Waals surface area contributed by atoms with Crippen LogP contribution < -0.4 is 20.7 Å². The third kappa shape index (κ3) is 2.71. The second kappa shape index (κ2) is 6.31. The van der Waals surface area contributed by atoms with Crippen molar-refractivity contribution in [2.75, 3.05) is 13.7 Å². The Labute approximate surface area is 143 Å². The molecule has 0 spiro atoms. The van der Waals surface area contributed by atoms with Crippen molar-refractivity contribution in [3.8, 4) is 22.9 Å². The SMILES string of the molecule is C=CCOc1ccc(-c2nc3c([nH]2)c(=O)n(C)c(=O)n3C)cc1OC. The zero-order valence-corrected chi connectivity index (χ0v) is 14.2. The van der Waals surface area contributed by atoms with Crippen LogP contribution in [0.15, 0.2) is 40.4 Å². The van der Waals surface area contributed by atoms with Crippen molar-refractivity contribution in [3.05, 3.63) is 51.7 Å². The summed E-state index contributed by atoms with van der Waals surface area (Å²) in [5.41, 5.74) is 0.421. The fourth-order valence-corrected chi connectivity index (χ4v) is 2.55. The largest absolute Gasteiger partial charge is 0.493 e. The van der Waals surface area contributed by atoms with Crippen LogP contribution in [-0.4, -0.2) is 32.8 Å². The Morgan fingerprint density at radius 3 is 2.68 bits per heavy atom. The Hall–Kier alpha value is -3.29. The maximum Gasteiger partial charge on any atom is 0.332 e. The summed E-state index contributed by atoms with van der Waals surface area (Å²) in [4.78, 5) is 31.7. The van der Waals surface area contributed by atoms with E-state index in [2.05, 4.69) is 16.5 Å². The van der Waals surface area contributed by atoms with E-state index in [-0.39, 0.29) is 5.52 Å². The van der Waals surface area contributed by atoms with E-state index in [4.69, 9.17) is 9.47 Å². The van der Waals surface area contributed by atoms with E-state index in [1.807, 2.05) is 0 Å². The number of imidazole rings is 1. The zero-order valence-electron chi connectivity index (χ0n) is 14.2. The summed E-state index contributed by atoms with van der Waals surface area (Å²) in [7, 11) is 4.54. The maximum absolute atomic E-state index is 12.3. The Bertz CT molecular complexity index is 1070. The molecule has 25 heavy (non-hydrogen) atoms. The molecule has 2 heterocycles. The van der Waals surface area contributed by atoms with Crippen LogP contribution in [0.1, 0.15) is 0 Å². The van der Waals surface area contributed by atoms with Crippen molar-refractivity contribution in [2.24, 2.45) is 14.1 Å².